The Morgan fingerprint density at radius 2 is 1.74 bits per heavy atom. The summed E-state index contributed by atoms with van der Waals surface area (Å²) in [5, 5.41) is 19.6. The van der Waals surface area contributed by atoms with Crippen molar-refractivity contribution in [2.24, 2.45) is 7.05 Å². The van der Waals surface area contributed by atoms with Crippen LogP contribution in [0.25, 0.3) is 22.2 Å². The standard InChI is InChI=1S/C27H24F2N8O/c1-27(38,20-3-4-22(28)23(29)10-20)21-12-30-25(31-13-21)17-5-7-36(8-6-17)26-24-9-18(15-37(24)34-16-32-26)19-11-33-35(2)14-19/h3-5,9-16,38H,6-8H2,1-2H3. The molecule has 1 aromatic carbocycles. The number of nitrogens with zero attached hydrogens (tertiary/aromatic N) is 8. The van der Waals surface area contributed by atoms with Crippen molar-refractivity contribution in [2.45, 2.75) is 18.9 Å². The van der Waals surface area contributed by atoms with Gasteiger partial charge in [-0.1, -0.05) is 12.1 Å². The van der Waals surface area contributed by atoms with Gasteiger partial charge in [-0.3, -0.25) is 4.68 Å². The van der Waals surface area contributed by atoms with Crippen LogP contribution in [0.5, 0.6) is 0 Å². The van der Waals surface area contributed by atoms with E-state index in [1.165, 1.54) is 25.4 Å². The van der Waals surface area contributed by atoms with E-state index in [-0.39, 0.29) is 5.56 Å². The molecule has 9 nitrogen and oxygen atoms in total. The molecule has 0 aliphatic carbocycles. The first-order valence-electron chi connectivity index (χ1n) is 12.1. The number of hydrogen-bond donors (Lipinski definition) is 1. The Hall–Kier alpha value is -4.51. The minimum Gasteiger partial charge on any atom is -0.381 e. The van der Waals surface area contributed by atoms with Crippen molar-refractivity contribution in [1.82, 2.24) is 34.3 Å². The quantitative estimate of drug-likeness (QED) is 0.382. The van der Waals surface area contributed by atoms with Crippen molar-refractivity contribution < 1.29 is 13.9 Å². The summed E-state index contributed by atoms with van der Waals surface area (Å²) >= 11 is 0. The molecule has 1 atom stereocenters. The van der Waals surface area contributed by atoms with E-state index in [0.29, 0.717) is 30.9 Å². The van der Waals surface area contributed by atoms with Gasteiger partial charge in [-0.15, -0.1) is 0 Å². The number of rotatable bonds is 5. The molecule has 0 spiro atoms. The van der Waals surface area contributed by atoms with Gasteiger partial charge in [-0.05, 0) is 42.7 Å². The van der Waals surface area contributed by atoms with Gasteiger partial charge in [-0.25, -0.2) is 28.2 Å². The molecule has 0 fully saturated rings. The van der Waals surface area contributed by atoms with Gasteiger partial charge >= 0.3 is 0 Å². The third-order valence-electron chi connectivity index (χ3n) is 6.92. The second-order valence-electron chi connectivity index (χ2n) is 9.47. The zero-order valence-corrected chi connectivity index (χ0v) is 20.8. The SMILES string of the molecule is Cn1cc(-c2cc3c(N4CC=C(c5ncc(C(C)(O)c6ccc(F)c(F)c6)cn5)CC4)ncnn3c2)cn1. The molecule has 0 saturated carbocycles. The van der Waals surface area contributed by atoms with Gasteiger partial charge in [0.1, 0.15) is 17.4 Å². The van der Waals surface area contributed by atoms with E-state index in [1.54, 1.807) is 11.0 Å². The largest absolute Gasteiger partial charge is 0.381 e. The van der Waals surface area contributed by atoms with Gasteiger partial charge in [0.05, 0.1) is 6.20 Å². The van der Waals surface area contributed by atoms with Crippen LogP contribution in [0.2, 0.25) is 0 Å². The summed E-state index contributed by atoms with van der Waals surface area (Å²) in [4.78, 5) is 15.6. The van der Waals surface area contributed by atoms with Crippen LogP contribution < -0.4 is 4.90 Å². The first-order chi connectivity index (χ1) is 18.3. The number of fused-ring (bicyclic) bond motifs is 1. The molecule has 0 radical (unpaired) electrons. The summed E-state index contributed by atoms with van der Waals surface area (Å²) in [6.07, 6.45) is 13.1. The van der Waals surface area contributed by atoms with Crippen LogP contribution in [0.3, 0.4) is 0 Å². The lowest BCUT2D eigenvalue weighted by molar-refractivity contribution is 0.101. The lowest BCUT2D eigenvalue weighted by Gasteiger charge is -2.27. The van der Waals surface area contributed by atoms with Crippen LogP contribution >= 0.6 is 0 Å². The maximum atomic E-state index is 13.7. The Kier molecular flexibility index (Phi) is 5.72. The van der Waals surface area contributed by atoms with Crippen molar-refractivity contribution in [2.75, 3.05) is 18.0 Å². The lowest BCUT2D eigenvalue weighted by atomic mass is 9.90. The molecular weight excluding hydrogens is 490 g/mol. The van der Waals surface area contributed by atoms with Gasteiger partial charge in [0, 0.05) is 61.6 Å². The summed E-state index contributed by atoms with van der Waals surface area (Å²) in [7, 11) is 1.88. The molecule has 6 rings (SSSR count). The van der Waals surface area contributed by atoms with E-state index >= 15 is 0 Å². The monoisotopic (exact) mass is 514 g/mol. The molecule has 192 valence electrons. The lowest BCUT2D eigenvalue weighted by Crippen LogP contribution is -2.30. The number of anilines is 1. The number of benzene rings is 1. The molecule has 1 N–H and O–H groups in total. The Morgan fingerprint density at radius 3 is 2.42 bits per heavy atom. The Morgan fingerprint density at radius 1 is 0.921 bits per heavy atom. The first kappa shape index (κ1) is 23.9. The molecule has 1 aliphatic heterocycles. The molecular formula is C27H24F2N8O. The summed E-state index contributed by atoms with van der Waals surface area (Å²) in [6.45, 7) is 2.83. The first-order valence-corrected chi connectivity index (χ1v) is 12.1. The topological polar surface area (TPSA) is 97.3 Å². The number of aromatic nitrogens is 7. The molecule has 5 aromatic rings. The van der Waals surface area contributed by atoms with Crippen molar-refractivity contribution in [3.8, 4) is 11.1 Å². The Balaban J connectivity index is 1.21. The van der Waals surface area contributed by atoms with Crippen molar-refractivity contribution in [3.63, 3.8) is 0 Å². The van der Waals surface area contributed by atoms with E-state index in [0.717, 1.165) is 40.2 Å². The molecule has 4 aromatic heterocycles. The van der Waals surface area contributed by atoms with Crippen LogP contribution in [-0.2, 0) is 12.6 Å². The highest BCUT2D eigenvalue weighted by atomic mass is 19.2. The smallest absolute Gasteiger partial charge is 0.159 e. The summed E-state index contributed by atoms with van der Waals surface area (Å²) in [5.74, 6) is -0.595. The highest BCUT2D eigenvalue weighted by molar-refractivity contribution is 5.78. The number of halogens is 2. The second kappa shape index (κ2) is 9.10. The van der Waals surface area contributed by atoms with Crippen molar-refractivity contribution >= 4 is 16.9 Å². The van der Waals surface area contributed by atoms with Gasteiger partial charge < -0.3 is 10.0 Å². The van der Waals surface area contributed by atoms with Crippen LogP contribution in [0.1, 0.15) is 30.3 Å². The highest BCUT2D eigenvalue weighted by Gasteiger charge is 2.28. The minimum atomic E-state index is -1.57. The summed E-state index contributed by atoms with van der Waals surface area (Å²) in [6, 6.07) is 5.38. The third-order valence-corrected chi connectivity index (χ3v) is 6.92. The van der Waals surface area contributed by atoms with Crippen molar-refractivity contribution in [1.29, 1.82) is 0 Å². The van der Waals surface area contributed by atoms with Crippen LogP contribution in [-0.4, -0.2) is 52.5 Å². The molecule has 11 heteroatoms. The predicted molar refractivity (Wildman–Crippen MR) is 137 cm³/mol. The van der Waals surface area contributed by atoms with Gasteiger partial charge in [-0.2, -0.15) is 10.2 Å². The fraction of sp³-hybridized carbons (Fsp3) is 0.222. The average Bonchev–Trinajstić information content (AvgIpc) is 3.56. The average molecular weight is 515 g/mol. The maximum absolute atomic E-state index is 13.7. The molecule has 0 saturated heterocycles. The Bertz CT molecular complexity index is 1670. The maximum Gasteiger partial charge on any atom is 0.159 e. The second-order valence-corrected chi connectivity index (χ2v) is 9.47. The van der Waals surface area contributed by atoms with Crippen LogP contribution in [0, 0.1) is 11.6 Å². The highest BCUT2D eigenvalue weighted by Crippen LogP contribution is 2.31. The van der Waals surface area contributed by atoms with E-state index in [2.05, 4.69) is 42.2 Å². The van der Waals surface area contributed by atoms with Crippen LogP contribution in [0.15, 0.2) is 67.7 Å². The number of hydrogen-bond acceptors (Lipinski definition) is 7. The van der Waals surface area contributed by atoms with Crippen LogP contribution in [0.4, 0.5) is 14.6 Å². The van der Waals surface area contributed by atoms with E-state index < -0.39 is 17.2 Å². The zero-order chi connectivity index (χ0) is 26.4. The zero-order valence-electron chi connectivity index (χ0n) is 20.8. The van der Waals surface area contributed by atoms with E-state index in [9.17, 15) is 13.9 Å². The number of aryl methyl sites for hydroxylation is 1. The number of aliphatic hydroxyl groups is 1. The van der Waals surface area contributed by atoms with E-state index in [4.69, 9.17) is 0 Å². The summed E-state index contributed by atoms with van der Waals surface area (Å²) < 4.78 is 30.6. The van der Waals surface area contributed by atoms with Gasteiger partial charge in [0.25, 0.3) is 0 Å². The minimum absolute atomic E-state index is 0.216. The van der Waals surface area contributed by atoms with Gasteiger partial charge in [0.2, 0.25) is 0 Å². The third kappa shape index (κ3) is 4.20. The molecule has 0 bridgehead atoms. The predicted octanol–water partition coefficient (Wildman–Crippen LogP) is 3.75. The molecule has 1 unspecified atom stereocenters. The van der Waals surface area contributed by atoms with E-state index in [1.807, 2.05) is 30.2 Å². The molecule has 1 aliphatic rings. The summed E-state index contributed by atoms with van der Waals surface area (Å²) in [5.41, 5.74) is 2.93. The molecule has 0 amide bonds. The molecule has 38 heavy (non-hydrogen) atoms. The fourth-order valence-corrected chi connectivity index (χ4v) is 4.66. The van der Waals surface area contributed by atoms with Crippen molar-refractivity contribution in [3.05, 3.63) is 96.2 Å². The normalized spacial score (nSPS) is 15.5. The fourth-order valence-electron chi connectivity index (χ4n) is 4.66. The van der Waals surface area contributed by atoms with Gasteiger partial charge in [0.15, 0.2) is 23.3 Å². The molecule has 5 heterocycles. The Labute approximate surface area is 216 Å².